The Morgan fingerprint density at radius 2 is 2.55 bits per heavy atom. The van der Waals surface area contributed by atoms with Gasteiger partial charge in [0.15, 0.2) is 5.82 Å². The number of nitrogens with one attached hydrogen (secondary N) is 1. The van der Waals surface area contributed by atoms with Crippen LogP contribution in [0.15, 0.2) is 4.52 Å². The van der Waals surface area contributed by atoms with Crippen LogP contribution in [-0.4, -0.2) is 16.7 Å². The smallest absolute Gasteiger partial charge is 0.240 e. The van der Waals surface area contributed by atoms with E-state index in [0.29, 0.717) is 24.8 Å². The highest BCUT2D eigenvalue weighted by Gasteiger charge is 1.99. The average Bonchev–Trinajstić information content (AvgIpc) is 2.37. The fourth-order valence-corrected chi connectivity index (χ4v) is 0.653. The van der Waals surface area contributed by atoms with Gasteiger partial charge in [-0.2, -0.15) is 4.98 Å². The molecule has 1 rings (SSSR count). The monoisotopic (exact) mass is 151 g/mol. The van der Waals surface area contributed by atoms with Crippen molar-refractivity contribution >= 4 is 0 Å². The summed E-state index contributed by atoms with van der Waals surface area (Å²) in [4.78, 5) is 3.97. The fraction of sp³-hybridized carbons (Fsp3) is 0.429. The predicted octanol–water partition coefficient (Wildman–Crippen LogP) is 0.101. The Morgan fingerprint density at radius 3 is 3.09 bits per heavy atom. The van der Waals surface area contributed by atoms with E-state index >= 15 is 0 Å². The molecule has 11 heavy (non-hydrogen) atoms. The Labute approximate surface area is 65.0 Å². The normalized spacial score (nSPS) is 9.45. The third kappa shape index (κ3) is 2.40. The van der Waals surface area contributed by atoms with Crippen LogP contribution in [0.1, 0.15) is 11.7 Å². The summed E-state index contributed by atoms with van der Waals surface area (Å²) in [6.07, 6.45) is 5.02. The first kappa shape index (κ1) is 7.76. The van der Waals surface area contributed by atoms with Crippen LogP contribution in [-0.2, 0) is 6.54 Å². The van der Waals surface area contributed by atoms with Crippen LogP contribution in [0.2, 0.25) is 0 Å². The highest BCUT2D eigenvalue weighted by atomic mass is 16.5. The molecule has 1 heterocycles. The Morgan fingerprint density at radius 1 is 1.73 bits per heavy atom. The number of rotatable bonds is 3. The predicted molar refractivity (Wildman–Crippen MR) is 39.6 cm³/mol. The van der Waals surface area contributed by atoms with Gasteiger partial charge >= 0.3 is 0 Å². The lowest BCUT2D eigenvalue weighted by Gasteiger charge is -1.91. The van der Waals surface area contributed by atoms with E-state index in [1.165, 1.54) is 0 Å². The van der Waals surface area contributed by atoms with E-state index in [1.54, 1.807) is 6.92 Å². The summed E-state index contributed by atoms with van der Waals surface area (Å²) in [5, 5.41) is 6.55. The highest BCUT2D eigenvalue weighted by Crippen LogP contribution is 1.93. The fourth-order valence-electron chi connectivity index (χ4n) is 0.653. The maximum atomic E-state index is 5.02. The summed E-state index contributed by atoms with van der Waals surface area (Å²) in [6.45, 7) is 2.82. The van der Waals surface area contributed by atoms with Gasteiger partial charge in [-0.15, -0.1) is 6.42 Å². The van der Waals surface area contributed by atoms with Crippen molar-refractivity contribution in [3.8, 4) is 12.3 Å². The molecule has 0 aliphatic carbocycles. The first-order chi connectivity index (χ1) is 5.33. The first-order valence-electron chi connectivity index (χ1n) is 3.26. The number of hydrogen-bond donors (Lipinski definition) is 1. The van der Waals surface area contributed by atoms with E-state index in [9.17, 15) is 0 Å². The molecule has 0 amide bonds. The van der Waals surface area contributed by atoms with Crippen molar-refractivity contribution in [1.29, 1.82) is 0 Å². The molecular formula is C7H9N3O. The quantitative estimate of drug-likeness (QED) is 0.491. The molecule has 1 aromatic heterocycles. The van der Waals surface area contributed by atoms with E-state index in [-0.39, 0.29) is 0 Å². The summed E-state index contributed by atoms with van der Waals surface area (Å²) in [6, 6.07) is 0. The zero-order chi connectivity index (χ0) is 8.10. The maximum absolute atomic E-state index is 5.02. The maximum Gasteiger partial charge on any atom is 0.240 e. The van der Waals surface area contributed by atoms with Crippen LogP contribution in [0.5, 0.6) is 0 Å². The van der Waals surface area contributed by atoms with Crippen LogP contribution in [0.25, 0.3) is 0 Å². The third-order valence-corrected chi connectivity index (χ3v) is 1.07. The van der Waals surface area contributed by atoms with E-state index in [4.69, 9.17) is 10.9 Å². The Kier molecular flexibility index (Phi) is 2.64. The number of aromatic nitrogens is 2. The van der Waals surface area contributed by atoms with Gasteiger partial charge < -0.3 is 4.52 Å². The molecule has 58 valence electrons. The highest BCUT2D eigenvalue weighted by molar-refractivity contribution is 4.88. The molecule has 4 nitrogen and oxygen atoms in total. The molecule has 0 fully saturated rings. The van der Waals surface area contributed by atoms with Crippen LogP contribution in [0.4, 0.5) is 0 Å². The van der Waals surface area contributed by atoms with Crippen molar-refractivity contribution in [2.75, 3.05) is 6.54 Å². The van der Waals surface area contributed by atoms with Crippen molar-refractivity contribution in [2.45, 2.75) is 13.5 Å². The first-order valence-corrected chi connectivity index (χ1v) is 3.26. The number of hydrogen-bond acceptors (Lipinski definition) is 4. The van der Waals surface area contributed by atoms with Crippen molar-refractivity contribution in [2.24, 2.45) is 0 Å². The van der Waals surface area contributed by atoms with Crippen molar-refractivity contribution in [3.63, 3.8) is 0 Å². The molecule has 1 aromatic rings. The molecule has 0 saturated heterocycles. The molecule has 0 aromatic carbocycles. The van der Waals surface area contributed by atoms with Gasteiger partial charge in [0.2, 0.25) is 5.89 Å². The average molecular weight is 151 g/mol. The summed E-state index contributed by atoms with van der Waals surface area (Å²) < 4.78 is 4.82. The molecule has 0 unspecified atom stereocenters. The molecule has 0 aliphatic heterocycles. The molecular weight excluding hydrogens is 142 g/mol. The van der Waals surface area contributed by atoms with E-state index in [0.717, 1.165) is 0 Å². The molecule has 0 radical (unpaired) electrons. The minimum absolute atomic E-state index is 0.515. The van der Waals surface area contributed by atoms with Gasteiger partial charge in [-0.25, -0.2) is 0 Å². The van der Waals surface area contributed by atoms with E-state index in [2.05, 4.69) is 21.4 Å². The van der Waals surface area contributed by atoms with Crippen LogP contribution in [0, 0.1) is 19.3 Å². The standard InChI is InChI=1S/C7H9N3O/c1-3-4-8-5-7-9-6(2)10-11-7/h1,8H,4-5H2,2H3. The summed E-state index contributed by atoms with van der Waals surface area (Å²) in [7, 11) is 0. The van der Waals surface area contributed by atoms with Crippen LogP contribution >= 0.6 is 0 Å². The number of aryl methyl sites for hydroxylation is 1. The molecule has 0 spiro atoms. The van der Waals surface area contributed by atoms with Gasteiger partial charge in [0.1, 0.15) is 0 Å². The molecule has 0 saturated carbocycles. The Bertz CT molecular complexity index is 261. The largest absolute Gasteiger partial charge is 0.338 e. The zero-order valence-corrected chi connectivity index (χ0v) is 6.29. The second-order valence-corrected chi connectivity index (χ2v) is 2.04. The van der Waals surface area contributed by atoms with Gasteiger partial charge in [0, 0.05) is 0 Å². The molecule has 0 atom stereocenters. The summed E-state index contributed by atoms with van der Waals surface area (Å²) in [5.41, 5.74) is 0. The second-order valence-electron chi connectivity index (χ2n) is 2.04. The van der Waals surface area contributed by atoms with Gasteiger partial charge in [0.25, 0.3) is 0 Å². The molecule has 1 N–H and O–H groups in total. The van der Waals surface area contributed by atoms with Gasteiger partial charge in [-0.05, 0) is 6.92 Å². The van der Waals surface area contributed by atoms with Crippen LogP contribution < -0.4 is 5.32 Å². The number of nitrogens with zero attached hydrogens (tertiary/aromatic N) is 2. The van der Waals surface area contributed by atoms with Crippen molar-refractivity contribution < 1.29 is 4.52 Å². The summed E-state index contributed by atoms with van der Waals surface area (Å²) >= 11 is 0. The number of terminal acetylenes is 1. The van der Waals surface area contributed by atoms with E-state index < -0.39 is 0 Å². The zero-order valence-electron chi connectivity index (χ0n) is 6.29. The lowest BCUT2D eigenvalue weighted by molar-refractivity contribution is 0.367. The molecule has 0 bridgehead atoms. The van der Waals surface area contributed by atoms with Crippen molar-refractivity contribution in [3.05, 3.63) is 11.7 Å². The van der Waals surface area contributed by atoms with Crippen molar-refractivity contribution in [1.82, 2.24) is 15.5 Å². The SMILES string of the molecule is C#CCNCc1nc(C)no1. The third-order valence-electron chi connectivity index (χ3n) is 1.07. The second kappa shape index (κ2) is 3.74. The molecule has 4 heteroatoms. The minimum atomic E-state index is 0.515. The Balaban J connectivity index is 2.34. The minimum Gasteiger partial charge on any atom is -0.338 e. The summed E-state index contributed by atoms with van der Waals surface area (Å²) in [5.74, 6) is 3.65. The van der Waals surface area contributed by atoms with Gasteiger partial charge in [0.05, 0.1) is 13.1 Å². The van der Waals surface area contributed by atoms with E-state index in [1.807, 2.05) is 0 Å². The molecule has 0 aliphatic rings. The van der Waals surface area contributed by atoms with Gasteiger partial charge in [-0.3, -0.25) is 5.32 Å². The lowest BCUT2D eigenvalue weighted by atomic mass is 10.6. The lowest BCUT2D eigenvalue weighted by Crippen LogP contribution is -2.13. The van der Waals surface area contributed by atoms with Gasteiger partial charge in [-0.1, -0.05) is 11.1 Å². The van der Waals surface area contributed by atoms with Crippen LogP contribution in [0.3, 0.4) is 0 Å². The Hall–Kier alpha value is -1.34. The topological polar surface area (TPSA) is 51.0 Å².